The Morgan fingerprint density at radius 2 is 2.00 bits per heavy atom. The fourth-order valence-electron chi connectivity index (χ4n) is 1.13. The average molecular weight is 275 g/mol. The number of phenols is 1. The number of carbonyl (C=O) groups is 1. The van der Waals surface area contributed by atoms with E-state index in [1.54, 1.807) is 6.08 Å². The summed E-state index contributed by atoms with van der Waals surface area (Å²) in [6.07, 6.45) is 1.65. The van der Waals surface area contributed by atoms with Gasteiger partial charge in [0.2, 0.25) is 5.91 Å². The summed E-state index contributed by atoms with van der Waals surface area (Å²) < 4.78 is 0. The van der Waals surface area contributed by atoms with Crippen molar-refractivity contribution < 1.29 is 9.90 Å². The molecule has 0 atom stereocenters. The van der Waals surface area contributed by atoms with Crippen molar-refractivity contribution >= 4 is 34.8 Å². The van der Waals surface area contributed by atoms with E-state index in [2.05, 4.69) is 17.2 Å². The van der Waals surface area contributed by atoms with Crippen LogP contribution in [0, 0.1) is 0 Å². The first-order chi connectivity index (χ1) is 8.04. The molecule has 6 heteroatoms. The molecule has 0 bridgehead atoms. The third kappa shape index (κ3) is 4.26. The lowest BCUT2D eigenvalue weighted by atomic mass is 10.3. The van der Waals surface area contributed by atoms with Crippen molar-refractivity contribution in [3.05, 3.63) is 34.8 Å². The maximum Gasteiger partial charge on any atom is 0.238 e. The van der Waals surface area contributed by atoms with E-state index in [4.69, 9.17) is 23.2 Å². The second-order valence-electron chi connectivity index (χ2n) is 3.26. The zero-order valence-corrected chi connectivity index (χ0v) is 10.5. The molecule has 1 aromatic rings. The van der Waals surface area contributed by atoms with E-state index in [9.17, 15) is 9.90 Å². The molecule has 0 saturated carbocycles. The Kier molecular flexibility index (Phi) is 5.28. The van der Waals surface area contributed by atoms with Gasteiger partial charge in [0.25, 0.3) is 0 Å². The molecule has 1 aromatic carbocycles. The number of halogens is 2. The lowest BCUT2D eigenvalue weighted by Gasteiger charge is -2.08. The van der Waals surface area contributed by atoms with Crippen molar-refractivity contribution in [3.63, 3.8) is 0 Å². The van der Waals surface area contributed by atoms with Crippen molar-refractivity contribution in [3.8, 4) is 5.75 Å². The first-order valence-electron chi connectivity index (χ1n) is 4.84. The molecule has 0 radical (unpaired) electrons. The van der Waals surface area contributed by atoms with Gasteiger partial charge in [0.05, 0.1) is 16.6 Å². The Balaban J connectivity index is 2.62. The molecule has 1 rings (SSSR count). The molecule has 0 aromatic heterocycles. The zero-order valence-electron chi connectivity index (χ0n) is 8.96. The van der Waals surface area contributed by atoms with Crippen LogP contribution in [0.25, 0.3) is 0 Å². The average Bonchev–Trinajstić information content (AvgIpc) is 2.26. The van der Waals surface area contributed by atoms with Crippen LogP contribution in [0.1, 0.15) is 0 Å². The predicted molar refractivity (Wildman–Crippen MR) is 69.8 cm³/mol. The summed E-state index contributed by atoms with van der Waals surface area (Å²) in [6.45, 7) is 4.22. The van der Waals surface area contributed by atoms with Crippen molar-refractivity contribution in [2.75, 3.05) is 18.4 Å². The summed E-state index contributed by atoms with van der Waals surface area (Å²) in [5, 5.41) is 15.0. The highest BCUT2D eigenvalue weighted by Crippen LogP contribution is 2.34. The van der Waals surface area contributed by atoms with Crippen LogP contribution in [0.5, 0.6) is 5.75 Å². The minimum atomic E-state index is -0.232. The Hall–Kier alpha value is -1.23. The Labute approximate surface area is 109 Å². The highest BCUT2D eigenvalue weighted by Gasteiger charge is 2.08. The maximum atomic E-state index is 11.4. The fourth-order valence-corrected chi connectivity index (χ4v) is 1.62. The molecule has 0 fully saturated rings. The van der Waals surface area contributed by atoms with Crippen molar-refractivity contribution in [2.24, 2.45) is 0 Å². The molecule has 92 valence electrons. The first-order valence-corrected chi connectivity index (χ1v) is 5.59. The number of aromatic hydroxyl groups is 1. The molecule has 0 aliphatic heterocycles. The molecule has 17 heavy (non-hydrogen) atoms. The van der Waals surface area contributed by atoms with E-state index in [0.717, 1.165) is 0 Å². The number of phenolic OH excluding ortho intramolecular Hbond substituents is 1. The molecular formula is C11H12Cl2N2O2. The highest BCUT2D eigenvalue weighted by atomic mass is 35.5. The number of anilines is 1. The Morgan fingerprint density at radius 3 is 2.53 bits per heavy atom. The van der Waals surface area contributed by atoms with Crippen molar-refractivity contribution in [2.45, 2.75) is 0 Å². The van der Waals surface area contributed by atoms with E-state index in [1.165, 1.54) is 12.1 Å². The van der Waals surface area contributed by atoms with Crippen LogP contribution in [-0.2, 0) is 4.79 Å². The largest absolute Gasteiger partial charge is 0.505 e. The van der Waals surface area contributed by atoms with Crippen LogP contribution in [0.15, 0.2) is 24.8 Å². The molecule has 0 saturated heterocycles. The maximum absolute atomic E-state index is 11.4. The molecule has 3 N–H and O–H groups in total. The van der Waals surface area contributed by atoms with Crippen LogP contribution in [0.4, 0.5) is 5.69 Å². The minimum Gasteiger partial charge on any atom is -0.505 e. The van der Waals surface area contributed by atoms with E-state index < -0.39 is 0 Å². The van der Waals surface area contributed by atoms with Gasteiger partial charge in [0, 0.05) is 12.2 Å². The quantitative estimate of drug-likeness (QED) is 0.439. The Morgan fingerprint density at radius 1 is 1.41 bits per heavy atom. The number of benzene rings is 1. The highest BCUT2D eigenvalue weighted by molar-refractivity contribution is 6.37. The van der Waals surface area contributed by atoms with Gasteiger partial charge in [-0.15, -0.1) is 6.58 Å². The SMILES string of the molecule is C=CCNCC(=O)Nc1cc(Cl)c(O)c(Cl)c1. The summed E-state index contributed by atoms with van der Waals surface area (Å²) in [6, 6.07) is 2.85. The molecule has 0 unspecified atom stereocenters. The van der Waals surface area contributed by atoms with E-state index in [1.807, 2.05) is 0 Å². The molecule has 0 spiro atoms. The standard InChI is InChI=1S/C11H12Cl2N2O2/c1-2-3-14-6-10(16)15-7-4-8(12)11(17)9(13)5-7/h2,4-5,14,17H,1,3,6H2,(H,15,16). The second-order valence-corrected chi connectivity index (χ2v) is 4.07. The summed E-state index contributed by atoms with van der Waals surface area (Å²) in [5.41, 5.74) is 0.434. The molecule has 0 heterocycles. The number of hydrogen-bond acceptors (Lipinski definition) is 3. The molecule has 1 amide bonds. The van der Waals surface area contributed by atoms with Gasteiger partial charge in [0.1, 0.15) is 0 Å². The van der Waals surface area contributed by atoms with Gasteiger partial charge in [0.15, 0.2) is 5.75 Å². The monoisotopic (exact) mass is 274 g/mol. The Bertz CT molecular complexity index is 412. The summed E-state index contributed by atoms with van der Waals surface area (Å²) >= 11 is 11.4. The van der Waals surface area contributed by atoms with Crippen LogP contribution < -0.4 is 10.6 Å². The normalized spacial score (nSPS) is 10.0. The van der Waals surface area contributed by atoms with Crippen LogP contribution in [0.3, 0.4) is 0 Å². The van der Waals surface area contributed by atoms with Gasteiger partial charge < -0.3 is 15.7 Å². The van der Waals surface area contributed by atoms with Crippen molar-refractivity contribution in [1.82, 2.24) is 5.32 Å². The van der Waals surface area contributed by atoms with Crippen LogP contribution in [-0.4, -0.2) is 24.1 Å². The third-order valence-electron chi connectivity index (χ3n) is 1.87. The van der Waals surface area contributed by atoms with Gasteiger partial charge in [-0.05, 0) is 12.1 Å². The van der Waals surface area contributed by atoms with Crippen LogP contribution >= 0.6 is 23.2 Å². The van der Waals surface area contributed by atoms with E-state index in [0.29, 0.717) is 12.2 Å². The summed E-state index contributed by atoms with van der Waals surface area (Å²) in [4.78, 5) is 11.4. The third-order valence-corrected chi connectivity index (χ3v) is 2.45. The first kappa shape index (κ1) is 13.8. The lowest BCUT2D eigenvalue weighted by Crippen LogP contribution is -2.28. The smallest absolute Gasteiger partial charge is 0.238 e. The second kappa shape index (κ2) is 6.49. The molecule has 0 aliphatic carbocycles. The van der Waals surface area contributed by atoms with Gasteiger partial charge >= 0.3 is 0 Å². The van der Waals surface area contributed by atoms with Crippen LogP contribution in [0.2, 0.25) is 10.0 Å². The molecule has 4 nitrogen and oxygen atoms in total. The predicted octanol–water partition coefficient (Wildman–Crippen LogP) is 2.41. The van der Waals surface area contributed by atoms with E-state index >= 15 is 0 Å². The number of nitrogens with one attached hydrogen (secondary N) is 2. The lowest BCUT2D eigenvalue weighted by molar-refractivity contribution is -0.115. The van der Waals surface area contributed by atoms with Gasteiger partial charge in [-0.2, -0.15) is 0 Å². The summed E-state index contributed by atoms with van der Waals surface area (Å²) in [7, 11) is 0. The molecular weight excluding hydrogens is 263 g/mol. The van der Waals surface area contributed by atoms with Gasteiger partial charge in [-0.3, -0.25) is 4.79 Å². The topological polar surface area (TPSA) is 61.4 Å². The number of amides is 1. The fraction of sp³-hybridized carbons (Fsp3) is 0.182. The summed E-state index contributed by atoms with van der Waals surface area (Å²) in [5.74, 6) is -0.430. The number of rotatable bonds is 5. The minimum absolute atomic E-state index is 0.0897. The zero-order chi connectivity index (χ0) is 12.8. The van der Waals surface area contributed by atoms with Gasteiger partial charge in [-0.1, -0.05) is 29.3 Å². The number of carbonyl (C=O) groups excluding carboxylic acids is 1. The van der Waals surface area contributed by atoms with Crippen molar-refractivity contribution in [1.29, 1.82) is 0 Å². The van der Waals surface area contributed by atoms with E-state index in [-0.39, 0.29) is 28.2 Å². The molecule has 0 aliphatic rings. The number of hydrogen-bond donors (Lipinski definition) is 3. The van der Waals surface area contributed by atoms with Gasteiger partial charge in [-0.25, -0.2) is 0 Å².